The van der Waals surface area contributed by atoms with Crippen LogP contribution in [0.5, 0.6) is 0 Å². The number of benzene rings is 1. The zero-order valence-corrected chi connectivity index (χ0v) is 9.41. The first-order valence-corrected chi connectivity index (χ1v) is 4.89. The van der Waals surface area contributed by atoms with Gasteiger partial charge in [0.05, 0.1) is 12.7 Å². The summed E-state index contributed by atoms with van der Waals surface area (Å²) in [6, 6.07) is 7.38. The van der Waals surface area contributed by atoms with Crippen LogP contribution < -0.4 is 5.73 Å². The highest BCUT2D eigenvalue weighted by molar-refractivity contribution is 5.91. The van der Waals surface area contributed by atoms with Crippen molar-refractivity contribution in [3.05, 3.63) is 35.4 Å². The van der Waals surface area contributed by atoms with E-state index in [0.29, 0.717) is 12.0 Å². The fraction of sp³-hybridized carbons (Fsp3) is 0.417. The third-order valence-electron chi connectivity index (χ3n) is 2.07. The van der Waals surface area contributed by atoms with Gasteiger partial charge in [0.15, 0.2) is 0 Å². The van der Waals surface area contributed by atoms with Crippen LogP contribution in [0, 0.1) is 0 Å². The summed E-state index contributed by atoms with van der Waals surface area (Å²) in [5.41, 5.74) is 7.12. The van der Waals surface area contributed by atoms with Crippen molar-refractivity contribution in [1.29, 1.82) is 0 Å². The first-order chi connectivity index (χ1) is 6.94. The third-order valence-corrected chi connectivity index (χ3v) is 2.07. The number of carbonyl (C=O) groups excluding carboxylic acids is 1. The fourth-order valence-electron chi connectivity index (χ4n) is 1.47. The molecule has 0 aliphatic rings. The van der Waals surface area contributed by atoms with E-state index < -0.39 is 0 Å². The second kappa shape index (κ2) is 4.45. The smallest absolute Gasteiger partial charge is 0.338 e. The van der Waals surface area contributed by atoms with Gasteiger partial charge in [0.1, 0.15) is 0 Å². The number of hydrogen-bond donors (Lipinski definition) is 1. The summed E-state index contributed by atoms with van der Waals surface area (Å²) < 4.78 is 4.71. The molecule has 0 heterocycles. The SMILES string of the molecule is COC(=O)c1ccccc1CC(C)(C)N. The maximum Gasteiger partial charge on any atom is 0.338 e. The molecule has 0 radical (unpaired) electrons. The van der Waals surface area contributed by atoms with Crippen LogP contribution in [-0.4, -0.2) is 18.6 Å². The lowest BCUT2D eigenvalue weighted by Gasteiger charge is -2.19. The van der Waals surface area contributed by atoms with Gasteiger partial charge in [-0.3, -0.25) is 0 Å². The van der Waals surface area contributed by atoms with Gasteiger partial charge in [-0.1, -0.05) is 18.2 Å². The average Bonchev–Trinajstić information content (AvgIpc) is 2.15. The van der Waals surface area contributed by atoms with Gasteiger partial charge in [0, 0.05) is 5.54 Å². The maximum atomic E-state index is 11.5. The van der Waals surface area contributed by atoms with Gasteiger partial charge in [-0.05, 0) is 31.9 Å². The largest absolute Gasteiger partial charge is 0.465 e. The summed E-state index contributed by atoms with van der Waals surface area (Å²) in [6.07, 6.45) is 0.651. The lowest BCUT2D eigenvalue weighted by Crippen LogP contribution is -2.35. The molecular formula is C12H17NO2. The molecular weight excluding hydrogens is 190 g/mol. The van der Waals surface area contributed by atoms with Gasteiger partial charge in [0.25, 0.3) is 0 Å². The van der Waals surface area contributed by atoms with Crippen LogP contribution in [0.25, 0.3) is 0 Å². The lowest BCUT2D eigenvalue weighted by atomic mass is 9.93. The number of ether oxygens (including phenoxy) is 1. The van der Waals surface area contributed by atoms with Crippen molar-refractivity contribution in [2.75, 3.05) is 7.11 Å². The van der Waals surface area contributed by atoms with Crippen molar-refractivity contribution >= 4 is 5.97 Å². The van der Waals surface area contributed by atoms with Crippen LogP contribution in [0.3, 0.4) is 0 Å². The molecule has 0 saturated carbocycles. The van der Waals surface area contributed by atoms with Crippen LogP contribution in [0.1, 0.15) is 29.8 Å². The summed E-state index contributed by atoms with van der Waals surface area (Å²) >= 11 is 0. The second-order valence-corrected chi connectivity index (χ2v) is 4.31. The van der Waals surface area contributed by atoms with Crippen molar-refractivity contribution in [3.63, 3.8) is 0 Å². The van der Waals surface area contributed by atoms with Gasteiger partial charge in [-0.15, -0.1) is 0 Å². The number of hydrogen-bond acceptors (Lipinski definition) is 3. The van der Waals surface area contributed by atoms with E-state index in [9.17, 15) is 4.79 Å². The molecule has 0 aromatic heterocycles. The zero-order chi connectivity index (χ0) is 11.5. The molecule has 1 rings (SSSR count). The Balaban J connectivity index is 3.02. The first-order valence-electron chi connectivity index (χ1n) is 4.89. The highest BCUT2D eigenvalue weighted by Crippen LogP contribution is 2.15. The average molecular weight is 207 g/mol. The molecule has 1 aromatic rings. The minimum atomic E-state index is -0.329. The Hall–Kier alpha value is -1.35. The number of rotatable bonds is 3. The van der Waals surface area contributed by atoms with Crippen LogP contribution in [-0.2, 0) is 11.2 Å². The monoisotopic (exact) mass is 207 g/mol. The van der Waals surface area contributed by atoms with Gasteiger partial charge in [-0.2, -0.15) is 0 Å². The molecule has 0 spiro atoms. The van der Waals surface area contributed by atoms with Crippen molar-refractivity contribution in [1.82, 2.24) is 0 Å². The van der Waals surface area contributed by atoms with E-state index in [1.54, 1.807) is 6.07 Å². The Morgan fingerprint density at radius 2 is 2.00 bits per heavy atom. The second-order valence-electron chi connectivity index (χ2n) is 4.31. The van der Waals surface area contributed by atoms with Crippen LogP contribution >= 0.6 is 0 Å². The Bertz CT molecular complexity index is 353. The van der Waals surface area contributed by atoms with Crippen molar-refractivity contribution in [2.45, 2.75) is 25.8 Å². The topological polar surface area (TPSA) is 52.3 Å². The molecule has 0 bridgehead atoms. The number of methoxy groups -OCH3 is 1. The summed E-state index contributed by atoms with van der Waals surface area (Å²) in [4.78, 5) is 11.5. The van der Waals surface area contributed by atoms with Gasteiger partial charge >= 0.3 is 5.97 Å². The normalized spacial score (nSPS) is 11.2. The number of carbonyl (C=O) groups is 1. The molecule has 0 aliphatic heterocycles. The minimum absolute atomic E-state index is 0.310. The standard InChI is InChI=1S/C12H17NO2/c1-12(2,13)8-9-6-4-5-7-10(9)11(14)15-3/h4-7H,8,13H2,1-3H3. The third kappa shape index (κ3) is 3.36. The summed E-state index contributed by atoms with van der Waals surface area (Å²) in [6.45, 7) is 3.86. The highest BCUT2D eigenvalue weighted by atomic mass is 16.5. The molecule has 0 aliphatic carbocycles. The molecule has 0 atom stereocenters. The summed E-state index contributed by atoms with van der Waals surface area (Å²) in [5, 5.41) is 0. The van der Waals surface area contributed by atoms with Gasteiger partial charge in [-0.25, -0.2) is 4.79 Å². The van der Waals surface area contributed by atoms with E-state index in [1.807, 2.05) is 32.0 Å². The van der Waals surface area contributed by atoms with Gasteiger partial charge < -0.3 is 10.5 Å². The molecule has 0 unspecified atom stereocenters. The van der Waals surface area contributed by atoms with Crippen molar-refractivity contribution < 1.29 is 9.53 Å². The summed E-state index contributed by atoms with van der Waals surface area (Å²) in [5.74, 6) is -0.310. The predicted octanol–water partition coefficient (Wildman–Crippen LogP) is 1.75. The lowest BCUT2D eigenvalue weighted by molar-refractivity contribution is 0.0599. The highest BCUT2D eigenvalue weighted by Gasteiger charge is 2.17. The molecule has 0 saturated heterocycles. The Morgan fingerprint density at radius 1 is 1.40 bits per heavy atom. The first kappa shape index (κ1) is 11.7. The minimum Gasteiger partial charge on any atom is -0.465 e. The molecule has 3 heteroatoms. The van der Waals surface area contributed by atoms with E-state index in [2.05, 4.69) is 0 Å². The van der Waals surface area contributed by atoms with Crippen molar-refractivity contribution in [3.8, 4) is 0 Å². The molecule has 0 fully saturated rings. The van der Waals surface area contributed by atoms with Crippen LogP contribution in [0.2, 0.25) is 0 Å². The molecule has 82 valence electrons. The Labute approximate surface area is 90.2 Å². The number of nitrogens with two attached hydrogens (primary N) is 1. The molecule has 2 N–H and O–H groups in total. The number of esters is 1. The summed E-state index contributed by atoms with van der Waals surface area (Å²) in [7, 11) is 1.38. The van der Waals surface area contributed by atoms with E-state index in [1.165, 1.54) is 7.11 Å². The molecule has 1 aromatic carbocycles. The zero-order valence-electron chi connectivity index (χ0n) is 9.41. The quantitative estimate of drug-likeness (QED) is 0.768. The van der Waals surface area contributed by atoms with E-state index in [0.717, 1.165) is 5.56 Å². The fourth-order valence-corrected chi connectivity index (χ4v) is 1.47. The Morgan fingerprint density at radius 3 is 2.53 bits per heavy atom. The van der Waals surface area contributed by atoms with Crippen LogP contribution in [0.4, 0.5) is 0 Å². The van der Waals surface area contributed by atoms with Crippen molar-refractivity contribution in [2.24, 2.45) is 5.73 Å². The van der Waals surface area contributed by atoms with E-state index in [4.69, 9.17) is 10.5 Å². The predicted molar refractivity (Wildman–Crippen MR) is 59.8 cm³/mol. The van der Waals surface area contributed by atoms with Crippen LogP contribution in [0.15, 0.2) is 24.3 Å². The van der Waals surface area contributed by atoms with E-state index >= 15 is 0 Å². The maximum absolute atomic E-state index is 11.5. The van der Waals surface area contributed by atoms with E-state index in [-0.39, 0.29) is 11.5 Å². The molecule has 3 nitrogen and oxygen atoms in total. The van der Waals surface area contributed by atoms with Gasteiger partial charge in [0.2, 0.25) is 0 Å². The molecule has 15 heavy (non-hydrogen) atoms. The molecule has 0 amide bonds. The Kier molecular flexibility index (Phi) is 3.48.